The van der Waals surface area contributed by atoms with Crippen LogP contribution in [0, 0.1) is 6.92 Å². The first kappa shape index (κ1) is 20.2. The van der Waals surface area contributed by atoms with Gasteiger partial charge in [-0.2, -0.15) is 0 Å². The number of allylic oxidation sites excluding steroid dienone is 1. The van der Waals surface area contributed by atoms with E-state index >= 15 is 0 Å². The maximum atomic E-state index is 11.3. The molecule has 1 aromatic carbocycles. The summed E-state index contributed by atoms with van der Waals surface area (Å²) in [6.07, 6.45) is 3.41. The van der Waals surface area contributed by atoms with E-state index in [9.17, 15) is 8.42 Å². The molecule has 0 fully saturated rings. The monoisotopic (exact) mass is 420 g/mol. The van der Waals surface area contributed by atoms with Gasteiger partial charge in [0, 0.05) is 12.3 Å². The van der Waals surface area contributed by atoms with E-state index in [0.29, 0.717) is 24.7 Å². The molecule has 0 saturated carbocycles. The van der Waals surface area contributed by atoms with Crippen molar-refractivity contribution in [2.75, 3.05) is 12.4 Å². The molecule has 2 aromatic heterocycles. The number of rotatable bonds is 9. The van der Waals surface area contributed by atoms with Gasteiger partial charge in [-0.05, 0) is 37.3 Å². The highest BCUT2D eigenvalue weighted by Crippen LogP contribution is 2.27. The molecule has 0 spiro atoms. The molecule has 0 saturated heterocycles. The molecular weight excluding hydrogens is 400 g/mol. The third-order valence-electron chi connectivity index (χ3n) is 3.86. The molecule has 28 heavy (non-hydrogen) atoms. The minimum atomic E-state index is -3.70. The number of hydrogen-bond donors (Lipinski definition) is 1. The molecule has 0 amide bonds. The number of sulfonamides is 1. The standard InChI is InChI=1S/C18H20N4O4S2/c1-3-9-22-17(16-8-10-25-13(16)2)20-21-18(22)27-12-11-26-14-4-6-15(7-5-14)28(19,23)24/h3-8,10H,1,9,11-12H2,2H3,(H2,19,23,24). The molecule has 2 N–H and O–H groups in total. The van der Waals surface area contributed by atoms with Gasteiger partial charge in [-0.1, -0.05) is 17.8 Å². The average molecular weight is 421 g/mol. The molecule has 2 heterocycles. The number of furan rings is 1. The third kappa shape index (κ3) is 4.64. The number of primary sulfonamides is 1. The summed E-state index contributed by atoms with van der Waals surface area (Å²) in [6.45, 7) is 6.67. The highest BCUT2D eigenvalue weighted by molar-refractivity contribution is 7.99. The SMILES string of the molecule is C=CCn1c(SCCOc2ccc(S(N)(=O)=O)cc2)nnc1-c1ccoc1C. The van der Waals surface area contributed by atoms with Crippen molar-refractivity contribution in [1.29, 1.82) is 0 Å². The van der Waals surface area contributed by atoms with E-state index in [1.165, 1.54) is 23.9 Å². The predicted octanol–water partition coefficient (Wildman–Crippen LogP) is 2.85. The van der Waals surface area contributed by atoms with Gasteiger partial charge in [-0.3, -0.25) is 4.57 Å². The number of benzene rings is 1. The summed E-state index contributed by atoms with van der Waals surface area (Å²) in [6, 6.07) is 7.84. The maximum Gasteiger partial charge on any atom is 0.238 e. The maximum absolute atomic E-state index is 11.3. The van der Waals surface area contributed by atoms with Gasteiger partial charge in [0.05, 0.1) is 23.3 Å². The van der Waals surface area contributed by atoms with Gasteiger partial charge in [0.2, 0.25) is 10.0 Å². The summed E-state index contributed by atoms with van der Waals surface area (Å²) >= 11 is 1.51. The number of ether oxygens (including phenoxy) is 1. The van der Waals surface area contributed by atoms with Crippen LogP contribution >= 0.6 is 11.8 Å². The fourth-order valence-electron chi connectivity index (χ4n) is 2.52. The van der Waals surface area contributed by atoms with Crippen molar-refractivity contribution in [3.63, 3.8) is 0 Å². The van der Waals surface area contributed by atoms with Crippen molar-refractivity contribution in [3.8, 4) is 17.1 Å². The first-order valence-electron chi connectivity index (χ1n) is 8.37. The van der Waals surface area contributed by atoms with Gasteiger partial charge >= 0.3 is 0 Å². The van der Waals surface area contributed by atoms with Crippen molar-refractivity contribution in [1.82, 2.24) is 14.8 Å². The van der Waals surface area contributed by atoms with E-state index in [0.717, 1.165) is 22.3 Å². The average Bonchev–Trinajstić information content (AvgIpc) is 3.25. The highest BCUT2D eigenvalue weighted by Gasteiger charge is 2.16. The van der Waals surface area contributed by atoms with Crippen molar-refractivity contribution < 1.29 is 17.6 Å². The smallest absolute Gasteiger partial charge is 0.238 e. The fraction of sp³-hybridized carbons (Fsp3) is 0.222. The molecule has 8 nitrogen and oxygen atoms in total. The lowest BCUT2D eigenvalue weighted by Crippen LogP contribution is -2.11. The molecular formula is C18H20N4O4S2. The van der Waals surface area contributed by atoms with E-state index in [-0.39, 0.29) is 4.90 Å². The fourth-order valence-corrected chi connectivity index (χ4v) is 3.80. The van der Waals surface area contributed by atoms with Crippen molar-refractivity contribution in [2.45, 2.75) is 23.5 Å². The van der Waals surface area contributed by atoms with Crippen LogP contribution in [0.2, 0.25) is 0 Å². The van der Waals surface area contributed by atoms with Crippen LogP contribution in [0.25, 0.3) is 11.4 Å². The zero-order valence-corrected chi connectivity index (χ0v) is 16.9. The van der Waals surface area contributed by atoms with Crippen LogP contribution in [-0.4, -0.2) is 35.5 Å². The second-order valence-corrected chi connectivity index (χ2v) is 8.43. The number of aromatic nitrogens is 3. The Morgan fingerprint density at radius 3 is 2.64 bits per heavy atom. The van der Waals surface area contributed by atoms with E-state index in [2.05, 4.69) is 16.8 Å². The molecule has 0 bridgehead atoms. The van der Waals surface area contributed by atoms with Gasteiger partial charge in [-0.25, -0.2) is 13.6 Å². The Balaban J connectivity index is 1.61. The molecule has 0 unspecified atom stereocenters. The Morgan fingerprint density at radius 2 is 2.04 bits per heavy atom. The molecule has 0 aliphatic carbocycles. The minimum absolute atomic E-state index is 0.0498. The van der Waals surface area contributed by atoms with E-state index < -0.39 is 10.0 Å². The van der Waals surface area contributed by atoms with Crippen LogP contribution in [0.3, 0.4) is 0 Å². The van der Waals surface area contributed by atoms with E-state index in [1.54, 1.807) is 24.5 Å². The third-order valence-corrected chi connectivity index (χ3v) is 5.72. The van der Waals surface area contributed by atoms with Gasteiger partial charge in [-0.15, -0.1) is 16.8 Å². The molecule has 0 atom stereocenters. The zero-order valence-electron chi connectivity index (χ0n) is 15.2. The first-order chi connectivity index (χ1) is 13.4. The van der Waals surface area contributed by atoms with E-state index in [4.69, 9.17) is 14.3 Å². The van der Waals surface area contributed by atoms with Crippen LogP contribution in [0.4, 0.5) is 0 Å². The second kappa shape index (κ2) is 8.63. The Morgan fingerprint density at radius 1 is 1.29 bits per heavy atom. The number of nitrogens with zero attached hydrogens (tertiary/aromatic N) is 3. The van der Waals surface area contributed by atoms with Crippen molar-refractivity contribution >= 4 is 21.8 Å². The van der Waals surface area contributed by atoms with Crippen LogP contribution in [0.1, 0.15) is 5.76 Å². The molecule has 0 aliphatic rings. The van der Waals surface area contributed by atoms with Gasteiger partial charge in [0.25, 0.3) is 0 Å². The van der Waals surface area contributed by atoms with Gasteiger partial charge in [0.1, 0.15) is 11.5 Å². The second-order valence-electron chi connectivity index (χ2n) is 5.81. The summed E-state index contributed by atoms with van der Waals surface area (Å²) in [7, 11) is -3.70. The Bertz CT molecular complexity index is 1060. The Hall–Kier alpha value is -2.56. The number of thioether (sulfide) groups is 1. The molecule has 10 heteroatoms. The quantitative estimate of drug-likeness (QED) is 0.322. The molecule has 3 aromatic rings. The molecule has 0 aliphatic heterocycles. The highest BCUT2D eigenvalue weighted by atomic mass is 32.2. The molecule has 148 valence electrons. The molecule has 3 rings (SSSR count). The zero-order chi connectivity index (χ0) is 20.1. The van der Waals surface area contributed by atoms with Crippen LogP contribution < -0.4 is 9.88 Å². The molecule has 0 radical (unpaired) electrons. The predicted molar refractivity (Wildman–Crippen MR) is 107 cm³/mol. The lowest BCUT2D eigenvalue weighted by Gasteiger charge is -2.08. The lowest BCUT2D eigenvalue weighted by atomic mass is 10.2. The minimum Gasteiger partial charge on any atom is -0.493 e. The largest absolute Gasteiger partial charge is 0.493 e. The number of aryl methyl sites for hydroxylation is 1. The van der Waals surface area contributed by atoms with Crippen LogP contribution in [0.5, 0.6) is 5.75 Å². The summed E-state index contributed by atoms with van der Waals surface area (Å²) in [5.74, 6) is 2.71. The summed E-state index contributed by atoms with van der Waals surface area (Å²) < 4.78 is 35.5. The Labute approximate surface area is 167 Å². The van der Waals surface area contributed by atoms with Crippen molar-refractivity contribution in [3.05, 3.63) is 55.0 Å². The normalized spacial score (nSPS) is 11.5. The van der Waals surface area contributed by atoms with Gasteiger partial charge in [0.15, 0.2) is 11.0 Å². The van der Waals surface area contributed by atoms with Crippen LogP contribution in [0.15, 0.2) is 63.7 Å². The summed E-state index contributed by atoms with van der Waals surface area (Å²) in [4.78, 5) is 0.0498. The van der Waals surface area contributed by atoms with Crippen LogP contribution in [-0.2, 0) is 16.6 Å². The van der Waals surface area contributed by atoms with Gasteiger partial charge < -0.3 is 9.15 Å². The number of nitrogens with two attached hydrogens (primary N) is 1. The van der Waals surface area contributed by atoms with E-state index in [1.807, 2.05) is 17.6 Å². The summed E-state index contributed by atoms with van der Waals surface area (Å²) in [5, 5.41) is 14.4. The topological polar surface area (TPSA) is 113 Å². The number of hydrogen-bond acceptors (Lipinski definition) is 7. The first-order valence-corrected chi connectivity index (χ1v) is 10.9. The van der Waals surface area contributed by atoms with Crippen molar-refractivity contribution in [2.24, 2.45) is 5.14 Å². The Kier molecular flexibility index (Phi) is 6.22. The lowest BCUT2D eigenvalue weighted by molar-refractivity contribution is 0.343. The summed E-state index contributed by atoms with van der Waals surface area (Å²) in [5.41, 5.74) is 0.896.